The van der Waals surface area contributed by atoms with Crippen LogP contribution in [0.5, 0.6) is 0 Å². The molecule has 2 aromatic rings. The van der Waals surface area contributed by atoms with Gasteiger partial charge in [-0.2, -0.15) is 0 Å². The zero-order valence-electron chi connectivity index (χ0n) is 15.5. The predicted molar refractivity (Wildman–Crippen MR) is 111 cm³/mol. The van der Waals surface area contributed by atoms with E-state index in [0.29, 0.717) is 28.8 Å². The Kier molecular flexibility index (Phi) is 6.81. The highest BCUT2D eigenvalue weighted by Gasteiger charge is 2.34. The number of carbonyl (C=O) groups excluding carboxylic acids is 2. The molecule has 5 nitrogen and oxygen atoms in total. The van der Waals surface area contributed by atoms with Crippen molar-refractivity contribution in [3.05, 3.63) is 63.6 Å². The number of nitrogens with one attached hydrogen (secondary N) is 2. The van der Waals surface area contributed by atoms with Crippen molar-refractivity contribution in [2.24, 2.45) is 0 Å². The van der Waals surface area contributed by atoms with Crippen molar-refractivity contribution in [1.82, 2.24) is 5.32 Å². The van der Waals surface area contributed by atoms with Gasteiger partial charge in [-0.3, -0.25) is 4.79 Å². The van der Waals surface area contributed by atoms with E-state index in [2.05, 4.69) is 10.6 Å². The average molecular weight is 421 g/mol. The van der Waals surface area contributed by atoms with E-state index >= 15 is 0 Å². The molecule has 0 fully saturated rings. The summed E-state index contributed by atoms with van der Waals surface area (Å²) in [4.78, 5) is 25.0. The summed E-state index contributed by atoms with van der Waals surface area (Å²) >= 11 is 12.5. The first-order chi connectivity index (χ1) is 13.5. The SMILES string of the molecule is CCCOC(=O)C1CC(NC(=O)Cc2ccccc2)c2c(Cl)cc(Cl)cc2N1. The fourth-order valence-electron chi connectivity index (χ4n) is 3.27. The molecule has 0 spiro atoms. The van der Waals surface area contributed by atoms with Gasteiger partial charge in [0.1, 0.15) is 6.04 Å². The fraction of sp³-hybridized carbons (Fsp3) is 0.333. The first-order valence-electron chi connectivity index (χ1n) is 9.23. The third-order valence-electron chi connectivity index (χ3n) is 4.52. The smallest absolute Gasteiger partial charge is 0.328 e. The number of anilines is 1. The maximum atomic E-state index is 12.6. The minimum absolute atomic E-state index is 0.143. The monoisotopic (exact) mass is 420 g/mol. The highest BCUT2D eigenvalue weighted by molar-refractivity contribution is 6.35. The van der Waals surface area contributed by atoms with E-state index in [0.717, 1.165) is 17.5 Å². The normalized spacial score (nSPS) is 18.0. The van der Waals surface area contributed by atoms with Crippen LogP contribution in [-0.2, 0) is 20.7 Å². The lowest BCUT2D eigenvalue weighted by Gasteiger charge is -2.33. The van der Waals surface area contributed by atoms with Gasteiger partial charge in [-0.15, -0.1) is 0 Å². The first-order valence-corrected chi connectivity index (χ1v) is 9.99. The van der Waals surface area contributed by atoms with E-state index < -0.39 is 12.1 Å². The van der Waals surface area contributed by atoms with Crippen LogP contribution in [0.3, 0.4) is 0 Å². The van der Waals surface area contributed by atoms with Crippen molar-refractivity contribution in [2.75, 3.05) is 11.9 Å². The van der Waals surface area contributed by atoms with Crippen LogP contribution in [0.4, 0.5) is 5.69 Å². The maximum absolute atomic E-state index is 12.6. The molecular weight excluding hydrogens is 399 g/mol. The molecule has 1 heterocycles. The van der Waals surface area contributed by atoms with E-state index in [4.69, 9.17) is 27.9 Å². The van der Waals surface area contributed by atoms with Gasteiger partial charge in [0.15, 0.2) is 0 Å². The van der Waals surface area contributed by atoms with Crippen LogP contribution in [0.2, 0.25) is 10.0 Å². The minimum Gasteiger partial charge on any atom is -0.464 e. The quantitative estimate of drug-likeness (QED) is 0.673. The summed E-state index contributed by atoms with van der Waals surface area (Å²) < 4.78 is 5.28. The van der Waals surface area contributed by atoms with Crippen LogP contribution in [0, 0.1) is 0 Å². The molecule has 0 aromatic heterocycles. The number of hydrogen-bond acceptors (Lipinski definition) is 4. The summed E-state index contributed by atoms with van der Waals surface area (Å²) in [5.41, 5.74) is 2.27. The summed E-state index contributed by atoms with van der Waals surface area (Å²) in [6.07, 6.45) is 1.33. The van der Waals surface area contributed by atoms with Gasteiger partial charge in [-0.25, -0.2) is 4.79 Å². The number of hydrogen-bond donors (Lipinski definition) is 2. The zero-order valence-corrected chi connectivity index (χ0v) is 17.0. The van der Waals surface area contributed by atoms with E-state index in [1.165, 1.54) is 0 Å². The van der Waals surface area contributed by atoms with Gasteiger partial charge in [0.25, 0.3) is 0 Å². The molecule has 2 unspecified atom stereocenters. The fourth-order valence-corrected chi connectivity index (χ4v) is 3.90. The lowest BCUT2D eigenvalue weighted by atomic mass is 9.92. The van der Waals surface area contributed by atoms with Crippen molar-refractivity contribution in [1.29, 1.82) is 0 Å². The Labute approximate surface area is 174 Å². The summed E-state index contributed by atoms with van der Waals surface area (Å²) in [5.74, 6) is -0.498. The molecule has 1 amide bonds. The van der Waals surface area contributed by atoms with Gasteiger partial charge in [-0.05, 0) is 24.1 Å². The Morgan fingerprint density at radius 1 is 1.21 bits per heavy atom. The van der Waals surface area contributed by atoms with Crippen LogP contribution in [0.15, 0.2) is 42.5 Å². The summed E-state index contributed by atoms with van der Waals surface area (Å²) in [6, 6.07) is 11.8. The molecule has 0 radical (unpaired) electrons. The largest absolute Gasteiger partial charge is 0.464 e. The van der Waals surface area contributed by atoms with Gasteiger partial charge in [-0.1, -0.05) is 60.5 Å². The molecule has 0 bridgehead atoms. The number of fused-ring (bicyclic) bond motifs is 1. The Bertz CT molecular complexity index is 858. The van der Waals surface area contributed by atoms with Gasteiger partial charge in [0, 0.05) is 27.7 Å². The number of benzene rings is 2. The number of rotatable bonds is 6. The lowest BCUT2D eigenvalue weighted by molar-refractivity contribution is -0.145. The number of amides is 1. The Hall–Kier alpha value is -2.24. The molecular formula is C21H22Cl2N2O3. The first kappa shape index (κ1) is 20.5. The topological polar surface area (TPSA) is 67.4 Å². The van der Waals surface area contributed by atoms with Crippen molar-refractivity contribution in [2.45, 2.75) is 38.3 Å². The number of halogens is 2. The molecule has 2 atom stereocenters. The van der Waals surface area contributed by atoms with Crippen LogP contribution >= 0.6 is 23.2 Å². The second-order valence-electron chi connectivity index (χ2n) is 6.73. The average Bonchev–Trinajstić information content (AvgIpc) is 2.65. The van der Waals surface area contributed by atoms with Crippen molar-refractivity contribution >= 4 is 40.8 Å². The lowest BCUT2D eigenvalue weighted by Crippen LogP contribution is -2.42. The van der Waals surface area contributed by atoms with Crippen molar-refractivity contribution in [3.8, 4) is 0 Å². The van der Waals surface area contributed by atoms with Gasteiger partial charge >= 0.3 is 5.97 Å². The van der Waals surface area contributed by atoms with E-state index in [9.17, 15) is 9.59 Å². The van der Waals surface area contributed by atoms with E-state index in [1.807, 2.05) is 37.3 Å². The van der Waals surface area contributed by atoms with Crippen LogP contribution in [-0.4, -0.2) is 24.5 Å². The molecule has 0 saturated carbocycles. The molecule has 1 aliphatic heterocycles. The molecule has 2 N–H and O–H groups in total. The molecule has 3 rings (SSSR count). The third kappa shape index (κ3) is 4.97. The minimum atomic E-state index is -0.587. The molecule has 0 aliphatic carbocycles. The summed E-state index contributed by atoms with van der Waals surface area (Å²) in [5, 5.41) is 7.05. The number of carbonyl (C=O) groups is 2. The third-order valence-corrected chi connectivity index (χ3v) is 5.05. The number of ether oxygens (including phenoxy) is 1. The van der Waals surface area contributed by atoms with E-state index in [-0.39, 0.29) is 18.3 Å². The van der Waals surface area contributed by atoms with Gasteiger partial charge < -0.3 is 15.4 Å². The van der Waals surface area contributed by atoms with Crippen molar-refractivity contribution < 1.29 is 14.3 Å². The maximum Gasteiger partial charge on any atom is 0.328 e. The van der Waals surface area contributed by atoms with Crippen LogP contribution in [0.25, 0.3) is 0 Å². The summed E-state index contributed by atoms with van der Waals surface area (Å²) in [7, 11) is 0. The molecule has 2 aromatic carbocycles. The Balaban J connectivity index is 1.81. The van der Waals surface area contributed by atoms with E-state index in [1.54, 1.807) is 12.1 Å². The van der Waals surface area contributed by atoms with Gasteiger partial charge in [0.2, 0.25) is 5.91 Å². The molecule has 7 heteroatoms. The van der Waals surface area contributed by atoms with Gasteiger partial charge in [0.05, 0.1) is 19.1 Å². The second-order valence-corrected chi connectivity index (χ2v) is 7.58. The summed E-state index contributed by atoms with van der Waals surface area (Å²) in [6.45, 7) is 2.29. The molecule has 1 aliphatic rings. The zero-order chi connectivity index (χ0) is 20.1. The standard InChI is InChI=1S/C21H22Cl2N2O3/c1-2-8-28-21(27)18-12-17(20-15(23)10-14(22)11-16(20)24-18)25-19(26)9-13-6-4-3-5-7-13/h3-7,10-11,17-18,24H,2,8-9,12H2,1H3,(H,25,26). The molecule has 0 saturated heterocycles. The highest BCUT2D eigenvalue weighted by atomic mass is 35.5. The van der Waals surface area contributed by atoms with Crippen molar-refractivity contribution in [3.63, 3.8) is 0 Å². The molecule has 148 valence electrons. The Morgan fingerprint density at radius 3 is 2.68 bits per heavy atom. The second kappa shape index (κ2) is 9.30. The highest BCUT2D eigenvalue weighted by Crippen LogP contribution is 2.40. The van der Waals surface area contributed by atoms with Crippen LogP contribution < -0.4 is 10.6 Å². The van der Waals surface area contributed by atoms with Crippen LogP contribution in [0.1, 0.15) is 36.9 Å². The molecule has 28 heavy (non-hydrogen) atoms. The Morgan fingerprint density at radius 2 is 1.96 bits per heavy atom. The predicted octanol–water partition coefficient (Wildman–Crippen LogP) is 4.53. The number of esters is 1.